The van der Waals surface area contributed by atoms with E-state index in [1.54, 1.807) is 0 Å². The van der Waals surface area contributed by atoms with Crippen LogP contribution in [0.4, 0.5) is 16.2 Å². The predicted molar refractivity (Wildman–Crippen MR) is 101 cm³/mol. The number of urea groups is 1. The lowest BCUT2D eigenvalue weighted by molar-refractivity contribution is 0.142. The van der Waals surface area contributed by atoms with Gasteiger partial charge in [0.15, 0.2) is 0 Å². The van der Waals surface area contributed by atoms with Crippen LogP contribution in [0.3, 0.4) is 0 Å². The molecule has 0 unspecified atom stereocenters. The SMILES string of the molecule is CN1CCN(c2ccc(NC(=O)N3CCN(C4CC4)CC3)cc2)CC1. The Morgan fingerprint density at radius 3 is 2.16 bits per heavy atom. The van der Waals surface area contributed by atoms with E-state index >= 15 is 0 Å². The van der Waals surface area contributed by atoms with Gasteiger partial charge in [-0.2, -0.15) is 0 Å². The standard InChI is InChI=1S/C19H29N5O/c1-21-8-10-22(11-9-21)17-4-2-16(3-5-17)20-19(25)24-14-12-23(13-15-24)18-6-7-18/h2-5,18H,6-15H2,1H3,(H,20,25). The van der Waals surface area contributed by atoms with Crippen LogP contribution in [0.1, 0.15) is 12.8 Å². The molecule has 1 aromatic rings. The highest BCUT2D eigenvalue weighted by Crippen LogP contribution is 2.27. The Morgan fingerprint density at radius 1 is 0.920 bits per heavy atom. The molecule has 6 heteroatoms. The third kappa shape index (κ3) is 4.07. The smallest absolute Gasteiger partial charge is 0.321 e. The summed E-state index contributed by atoms with van der Waals surface area (Å²) >= 11 is 0. The zero-order chi connectivity index (χ0) is 17.2. The first-order chi connectivity index (χ1) is 12.2. The second kappa shape index (κ2) is 7.22. The summed E-state index contributed by atoms with van der Waals surface area (Å²) in [7, 11) is 2.17. The van der Waals surface area contributed by atoms with Crippen LogP contribution in [0.25, 0.3) is 0 Å². The number of nitrogens with zero attached hydrogens (tertiary/aromatic N) is 4. The van der Waals surface area contributed by atoms with Crippen LogP contribution in [0.5, 0.6) is 0 Å². The minimum Gasteiger partial charge on any atom is -0.369 e. The van der Waals surface area contributed by atoms with Crippen molar-refractivity contribution in [1.29, 1.82) is 0 Å². The first-order valence-electron chi connectivity index (χ1n) is 9.52. The lowest BCUT2D eigenvalue weighted by Crippen LogP contribution is -2.50. The van der Waals surface area contributed by atoms with Gasteiger partial charge in [0.1, 0.15) is 0 Å². The van der Waals surface area contributed by atoms with E-state index in [0.717, 1.165) is 64.1 Å². The summed E-state index contributed by atoms with van der Waals surface area (Å²) in [5.41, 5.74) is 2.12. The molecule has 25 heavy (non-hydrogen) atoms. The van der Waals surface area contributed by atoms with Gasteiger partial charge in [0, 0.05) is 69.8 Å². The van der Waals surface area contributed by atoms with E-state index in [2.05, 4.69) is 39.2 Å². The number of rotatable bonds is 3. The molecule has 3 fully saturated rings. The molecular formula is C19H29N5O. The van der Waals surface area contributed by atoms with E-state index < -0.39 is 0 Å². The van der Waals surface area contributed by atoms with Crippen LogP contribution in [0.2, 0.25) is 0 Å². The Kier molecular flexibility index (Phi) is 4.81. The molecule has 2 aliphatic heterocycles. The van der Waals surface area contributed by atoms with Crippen LogP contribution in [0, 0.1) is 0 Å². The topological polar surface area (TPSA) is 42.1 Å². The van der Waals surface area contributed by atoms with Gasteiger partial charge in [-0.25, -0.2) is 4.79 Å². The summed E-state index contributed by atoms with van der Waals surface area (Å²) in [6.45, 7) is 8.03. The number of hydrogen-bond donors (Lipinski definition) is 1. The van der Waals surface area contributed by atoms with Crippen LogP contribution in [-0.2, 0) is 0 Å². The molecule has 0 atom stereocenters. The molecule has 4 rings (SSSR count). The van der Waals surface area contributed by atoms with Crippen LogP contribution in [-0.4, -0.2) is 86.2 Å². The summed E-state index contributed by atoms with van der Waals surface area (Å²) < 4.78 is 0. The summed E-state index contributed by atoms with van der Waals surface area (Å²) in [5.74, 6) is 0. The van der Waals surface area contributed by atoms with E-state index in [0.29, 0.717) is 0 Å². The highest BCUT2D eigenvalue weighted by Gasteiger charge is 2.32. The number of amides is 2. The van der Waals surface area contributed by atoms with Crippen molar-refractivity contribution in [1.82, 2.24) is 14.7 Å². The maximum absolute atomic E-state index is 12.5. The van der Waals surface area contributed by atoms with Gasteiger partial charge in [-0.15, -0.1) is 0 Å². The average Bonchev–Trinajstić information content (AvgIpc) is 3.48. The van der Waals surface area contributed by atoms with Gasteiger partial charge in [0.2, 0.25) is 0 Å². The fourth-order valence-electron chi connectivity index (χ4n) is 3.75. The number of hydrogen-bond acceptors (Lipinski definition) is 4. The van der Waals surface area contributed by atoms with Gasteiger partial charge in [-0.05, 0) is 44.2 Å². The normalized spacial score (nSPS) is 22.9. The van der Waals surface area contributed by atoms with E-state index in [-0.39, 0.29) is 6.03 Å². The molecule has 0 aromatic heterocycles. The van der Waals surface area contributed by atoms with Crippen LogP contribution in [0.15, 0.2) is 24.3 Å². The molecular weight excluding hydrogens is 314 g/mol. The monoisotopic (exact) mass is 343 g/mol. The van der Waals surface area contributed by atoms with Crippen molar-refractivity contribution in [3.8, 4) is 0 Å². The van der Waals surface area contributed by atoms with Gasteiger partial charge in [-0.1, -0.05) is 0 Å². The van der Waals surface area contributed by atoms with Crippen molar-refractivity contribution in [3.05, 3.63) is 24.3 Å². The number of likely N-dealkylation sites (N-methyl/N-ethyl adjacent to an activating group) is 1. The molecule has 1 N–H and O–H groups in total. The summed E-state index contributed by atoms with van der Waals surface area (Å²) in [4.78, 5) is 21.7. The van der Waals surface area contributed by atoms with Crippen LogP contribution < -0.4 is 10.2 Å². The molecule has 2 saturated heterocycles. The van der Waals surface area contributed by atoms with E-state index in [1.165, 1.54) is 18.5 Å². The van der Waals surface area contributed by atoms with E-state index in [1.807, 2.05) is 17.0 Å². The highest BCUT2D eigenvalue weighted by molar-refractivity contribution is 5.89. The molecule has 1 saturated carbocycles. The van der Waals surface area contributed by atoms with Crippen molar-refractivity contribution in [3.63, 3.8) is 0 Å². The summed E-state index contributed by atoms with van der Waals surface area (Å²) in [5, 5.41) is 3.05. The summed E-state index contributed by atoms with van der Waals surface area (Å²) in [6.07, 6.45) is 2.68. The van der Waals surface area contributed by atoms with Gasteiger partial charge in [0.25, 0.3) is 0 Å². The lowest BCUT2D eigenvalue weighted by atomic mass is 10.2. The van der Waals surface area contributed by atoms with E-state index in [4.69, 9.17) is 0 Å². The lowest BCUT2D eigenvalue weighted by Gasteiger charge is -2.35. The largest absolute Gasteiger partial charge is 0.369 e. The Bertz CT molecular complexity index is 584. The number of anilines is 2. The van der Waals surface area contributed by atoms with E-state index in [9.17, 15) is 4.79 Å². The van der Waals surface area contributed by atoms with Crippen molar-refractivity contribution in [2.45, 2.75) is 18.9 Å². The molecule has 136 valence electrons. The predicted octanol–water partition coefficient (Wildman–Crippen LogP) is 1.75. The molecule has 0 spiro atoms. The molecule has 1 aliphatic carbocycles. The van der Waals surface area contributed by atoms with Gasteiger partial charge in [0.05, 0.1) is 0 Å². The quantitative estimate of drug-likeness (QED) is 0.908. The Labute approximate surface area is 150 Å². The average molecular weight is 343 g/mol. The Hall–Kier alpha value is -1.79. The highest BCUT2D eigenvalue weighted by atomic mass is 16.2. The number of benzene rings is 1. The minimum absolute atomic E-state index is 0.0304. The van der Waals surface area contributed by atoms with Crippen LogP contribution >= 0.6 is 0 Å². The van der Waals surface area contributed by atoms with Crippen molar-refractivity contribution < 1.29 is 4.79 Å². The molecule has 6 nitrogen and oxygen atoms in total. The van der Waals surface area contributed by atoms with Gasteiger partial charge < -0.3 is 20.0 Å². The number of carbonyl (C=O) groups is 1. The first-order valence-corrected chi connectivity index (χ1v) is 9.52. The second-order valence-electron chi connectivity index (χ2n) is 7.52. The fraction of sp³-hybridized carbons (Fsp3) is 0.632. The third-order valence-electron chi connectivity index (χ3n) is 5.65. The molecule has 2 heterocycles. The van der Waals surface area contributed by atoms with Gasteiger partial charge >= 0.3 is 6.03 Å². The van der Waals surface area contributed by atoms with Gasteiger partial charge in [-0.3, -0.25) is 4.90 Å². The molecule has 3 aliphatic rings. The molecule has 2 amide bonds. The third-order valence-corrected chi connectivity index (χ3v) is 5.65. The minimum atomic E-state index is 0.0304. The summed E-state index contributed by atoms with van der Waals surface area (Å²) in [6, 6.07) is 9.10. The fourth-order valence-corrected chi connectivity index (χ4v) is 3.75. The van der Waals surface area contributed by atoms with Crippen molar-refractivity contribution in [2.24, 2.45) is 0 Å². The van der Waals surface area contributed by atoms with Crippen molar-refractivity contribution >= 4 is 17.4 Å². The Balaban J connectivity index is 1.28. The number of nitrogens with one attached hydrogen (secondary N) is 1. The maximum atomic E-state index is 12.5. The first kappa shape index (κ1) is 16.7. The van der Waals surface area contributed by atoms with Crippen molar-refractivity contribution in [2.75, 3.05) is 69.6 Å². The molecule has 0 radical (unpaired) electrons. The second-order valence-corrected chi connectivity index (χ2v) is 7.52. The molecule has 0 bridgehead atoms. The molecule has 1 aromatic carbocycles. The zero-order valence-electron chi connectivity index (χ0n) is 15.2. The Morgan fingerprint density at radius 2 is 1.56 bits per heavy atom. The number of carbonyl (C=O) groups excluding carboxylic acids is 1. The zero-order valence-corrected chi connectivity index (χ0v) is 15.2. The maximum Gasteiger partial charge on any atom is 0.321 e. The number of piperazine rings is 2.